The van der Waals surface area contributed by atoms with Crippen LogP contribution in [0.1, 0.15) is 18.4 Å². The summed E-state index contributed by atoms with van der Waals surface area (Å²) >= 11 is 12.1. The first-order chi connectivity index (χ1) is 15.0. The molecule has 4 rings (SSSR count). The summed E-state index contributed by atoms with van der Waals surface area (Å²) in [5.74, 6) is 0.436. The van der Waals surface area contributed by atoms with E-state index >= 15 is 0 Å². The molecule has 9 heteroatoms. The third kappa shape index (κ3) is 5.36. The molecule has 2 amide bonds. The van der Waals surface area contributed by atoms with Crippen LogP contribution >= 0.6 is 23.2 Å². The number of urea groups is 1. The number of hydrogen-bond acceptors (Lipinski definition) is 5. The van der Waals surface area contributed by atoms with Gasteiger partial charge in [-0.15, -0.1) is 0 Å². The van der Waals surface area contributed by atoms with Gasteiger partial charge in [-0.3, -0.25) is 10.2 Å². The van der Waals surface area contributed by atoms with E-state index in [4.69, 9.17) is 27.9 Å². The topological polar surface area (TPSA) is 79.4 Å². The first kappa shape index (κ1) is 21.6. The van der Waals surface area contributed by atoms with E-state index in [1.165, 1.54) is 12.7 Å². The molecule has 2 aromatic carbocycles. The summed E-state index contributed by atoms with van der Waals surface area (Å²) in [6.45, 7) is 2.78. The van der Waals surface area contributed by atoms with Gasteiger partial charge in [0.2, 0.25) is 0 Å². The number of piperidine rings is 1. The highest BCUT2D eigenvalue weighted by atomic mass is 35.5. The Labute approximate surface area is 190 Å². The van der Waals surface area contributed by atoms with E-state index in [-0.39, 0.29) is 23.8 Å². The Bertz CT molecular complexity index is 1070. The lowest BCUT2D eigenvalue weighted by Gasteiger charge is -2.32. The van der Waals surface area contributed by atoms with Gasteiger partial charge in [-0.25, -0.2) is 14.8 Å². The Morgan fingerprint density at radius 1 is 1.10 bits per heavy atom. The van der Waals surface area contributed by atoms with E-state index in [1.54, 1.807) is 12.1 Å². The van der Waals surface area contributed by atoms with Crippen LogP contribution in [0.25, 0.3) is 11.0 Å². The number of nitrogens with zero attached hydrogens (tertiary/aromatic N) is 3. The van der Waals surface area contributed by atoms with Gasteiger partial charge in [-0.1, -0.05) is 53.5 Å². The maximum atomic E-state index is 12.6. The summed E-state index contributed by atoms with van der Waals surface area (Å²) in [5.41, 5.74) is 2.35. The number of amides is 2. The van der Waals surface area contributed by atoms with Gasteiger partial charge in [0.25, 0.3) is 5.88 Å². The van der Waals surface area contributed by atoms with Crippen molar-refractivity contribution in [1.29, 1.82) is 0 Å². The average molecular weight is 460 g/mol. The number of carbonyl (C=O) groups is 1. The molecule has 1 saturated heterocycles. The molecule has 1 aliphatic heterocycles. The molecule has 0 bridgehead atoms. The average Bonchev–Trinajstić information content (AvgIpc) is 2.76. The summed E-state index contributed by atoms with van der Waals surface area (Å²) < 4.78 is 5.29. The molecule has 0 saturated carbocycles. The summed E-state index contributed by atoms with van der Waals surface area (Å²) in [5, 5.41) is 6.52. The lowest BCUT2D eigenvalue weighted by atomic mass is 10.0. The zero-order valence-electron chi connectivity index (χ0n) is 17.1. The maximum absolute atomic E-state index is 12.6. The quantitative estimate of drug-likeness (QED) is 0.576. The zero-order chi connectivity index (χ0) is 21.8. The van der Waals surface area contributed by atoms with Crippen LogP contribution in [0, 0.1) is 0 Å². The van der Waals surface area contributed by atoms with Crippen LogP contribution in [0.15, 0.2) is 42.5 Å². The van der Waals surface area contributed by atoms with E-state index in [9.17, 15) is 4.79 Å². The smallest absolute Gasteiger partial charge is 0.320 e. The highest BCUT2D eigenvalue weighted by Crippen LogP contribution is 2.29. The van der Waals surface area contributed by atoms with Crippen molar-refractivity contribution in [3.8, 4) is 5.88 Å². The number of rotatable bonds is 5. The van der Waals surface area contributed by atoms with Crippen LogP contribution in [0.2, 0.25) is 10.0 Å². The van der Waals surface area contributed by atoms with E-state index in [1.807, 2.05) is 6.07 Å². The van der Waals surface area contributed by atoms with Gasteiger partial charge in [0.1, 0.15) is 0 Å². The molecular weight excluding hydrogens is 437 g/mol. The van der Waals surface area contributed by atoms with Crippen molar-refractivity contribution in [2.45, 2.75) is 25.4 Å². The Hall–Kier alpha value is -2.61. The van der Waals surface area contributed by atoms with Crippen LogP contribution < -0.4 is 15.4 Å². The third-order valence-electron chi connectivity index (χ3n) is 5.27. The van der Waals surface area contributed by atoms with Crippen LogP contribution in [-0.2, 0) is 6.54 Å². The lowest BCUT2D eigenvalue weighted by Crippen LogP contribution is -2.45. The molecule has 162 valence electrons. The number of methoxy groups -OCH3 is 1. The van der Waals surface area contributed by atoms with Gasteiger partial charge in [-0.05, 0) is 30.5 Å². The van der Waals surface area contributed by atoms with Gasteiger partial charge < -0.3 is 10.1 Å². The fourth-order valence-corrected chi connectivity index (χ4v) is 3.98. The molecule has 1 aliphatic rings. The summed E-state index contributed by atoms with van der Waals surface area (Å²) in [6, 6.07) is 13.4. The second-order valence-corrected chi connectivity index (χ2v) is 8.29. The molecular formula is C22H23Cl2N5O2. The molecule has 0 spiro atoms. The molecule has 0 radical (unpaired) electrons. The van der Waals surface area contributed by atoms with Gasteiger partial charge in [0.05, 0.1) is 28.2 Å². The van der Waals surface area contributed by atoms with Gasteiger partial charge in [-0.2, -0.15) is 0 Å². The Balaban J connectivity index is 1.35. The van der Waals surface area contributed by atoms with Crippen molar-refractivity contribution in [3.05, 3.63) is 58.1 Å². The molecule has 2 N–H and O–H groups in total. The van der Waals surface area contributed by atoms with Crippen molar-refractivity contribution in [2.24, 2.45) is 0 Å². The standard InChI is InChI=1S/C22H23Cl2N5O2/c1-31-21-20(26-18-11-16(23)17(24)12-19(18)27-21)28-22(30)25-15-7-9-29(10-8-15)13-14-5-3-2-4-6-14/h2-6,11-12,15H,7-10,13H2,1H3,(H2,25,26,28,30). The number of halogens is 2. The minimum Gasteiger partial charge on any atom is -0.478 e. The van der Waals surface area contributed by atoms with Crippen molar-refractivity contribution >= 4 is 46.1 Å². The van der Waals surface area contributed by atoms with E-state index in [2.05, 4.69) is 49.8 Å². The molecule has 0 aliphatic carbocycles. The first-order valence-corrected chi connectivity index (χ1v) is 10.8. The van der Waals surface area contributed by atoms with Crippen molar-refractivity contribution in [2.75, 3.05) is 25.5 Å². The molecule has 7 nitrogen and oxygen atoms in total. The number of anilines is 1. The normalized spacial score (nSPS) is 15.1. The number of carbonyl (C=O) groups excluding carboxylic acids is 1. The highest BCUT2D eigenvalue weighted by molar-refractivity contribution is 6.42. The number of hydrogen-bond donors (Lipinski definition) is 2. The summed E-state index contributed by atoms with van der Waals surface area (Å²) in [7, 11) is 1.47. The Kier molecular flexibility index (Phi) is 6.75. The van der Waals surface area contributed by atoms with Crippen LogP contribution in [0.4, 0.5) is 10.6 Å². The minimum atomic E-state index is -0.339. The molecule has 3 aromatic rings. The maximum Gasteiger partial charge on any atom is 0.320 e. The number of fused-ring (bicyclic) bond motifs is 1. The number of benzene rings is 2. The Morgan fingerprint density at radius 3 is 2.39 bits per heavy atom. The van der Waals surface area contributed by atoms with E-state index in [0.29, 0.717) is 21.1 Å². The minimum absolute atomic E-state index is 0.0969. The monoisotopic (exact) mass is 459 g/mol. The lowest BCUT2D eigenvalue weighted by molar-refractivity contribution is 0.190. The van der Waals surface area contributed by atoms with Crippen LogP contribution in [0.5, 0.6) is 5.88 Å². The summed E-state index contributed by atoms with van der Waals surface area (Å²) in [6.07, 6.45) is 1.77. The zero-order valence-corrected chi connectivity index (χ0v) is 18.6. The number of aromatic nitrogens is 2. The number of ether oxygens (including phenoxy) is 1. The summed E-state index contributed by atoms with van der Waals surface area (Å²) in [4.78, 5) is 23.8. The molecule has 1 fully saturated rings. The third-order valence-corrected chi connectivity index (χ3v) is 5.99. The van der Waals surface area contributed by atoms with Crippen molar-refractivity contribution < 1.29 is 9.53 Å². The molecule has 2 heterocycles. The van der Waals surface area contributed by atoms with Crippen molar-refractivity contribution in [1.82, 2.24) is 20.2 Å². The number of likely N-dealkylation sites (tertiary alicyclic amines) is 1. The predicted molar refractivity (Wildman–Crippen MR) is 123 cm³/mol. The molecule has 31 heavy (non-hydrogen) atoms. The number of nitrogens with one attached hydrogen (secondary N) is 2. The predicted octanol–water partition coefficient (Wildman–Crippen LogP) is 4.73. The SMILES string of the molecule is COc1nc2cc(Cl)c(Cl)cc2nc1NC(=O)NC1CCN(Cc2ccccc2)CC1. The van der Waals surface area contributed by atoms with Crippen LogP contribution in [-0.4, -0.2) is 47.1 Å². The second kappa shape index (κ2) is 9.68. The van der Waals surface area contributed by atoms with Crippen molar-refractivity contribution in [3.63, 3.8) is 0 Å². The largest absolute Gasteiger partial charge is 0.478 e. The second-order valence-electron chi connectivity index (χ2n) is 7.47. The molecule has 1 aromatic heterocycles. The van der Waals surface area contributed by atoms with Gasteiger partial charge >= 0.3 is 6.03 Å². The molecule has 0 unspecified atom stereocenters. The fraction of sp³-hybridized carbons (Fsp3) is 0.318. The van der Waals surface area contributed by atoms with Gasteiger partial charge in [0, 0.05) is 25.7 Å². The molecule has 0 atom stereocenters. The van der Waals surface area contributed by atoms with Gasteiger partial charge in [0.15, 0.2) is 5.82 Å². The van der Waals surface area contributed by atoms with E-state index in [0.717, 1.165) is 32.5 Å². The Morgan fingerprint density at radius 2 is 1.74 bits per heavy atom. The van der Waals surface area contributed by atoms with Crippen LogP contribution in [0.3, 0.4) is 0 Å². The fourth-order valence-electron chi connectivity index (χ4n) is 3.67. The first-order valence-electron chi connectivity index (χ1n) is 10.1. The van der Waals surface area contributed by atoms with E-state index < -0.39 is 0 Å². The highest BCUT2D eigenvalue weighted by Gasteiger charge is 2.22.